The van der Waals surface area contributed by atoms with Gasteiger partial charge in [0.2, 0.25) is 0 Å². The Balaban J connectivity index is 1.76. The fourth-order valence-electron chi connectivity index (χ4n) is 2.28. The van der Waals surface area contributed by atoms with Crippen molar-refractivity contribution in [2.24, 2.45) is 0 Å². The third-order valence-corrected chi connectivity index (χ3v) is 4.82. The minimum atomic E-state index is -0.706. The maximum atomic E-state index is 13.4. The predicted molar refractivity (Wildman–Crippen MR) is 74.1 cm³/mol. The molecule has 0 radical (unpaired) electrons. The summed E-state index contributed by atoms with van der Waals surface area (Å²) < 4.78 is 24.8. The average molecular weight is 283 g/mol. The summed E-state index contributed by atoms with van der Waals surface area (Å²) in [7, 11) is -0.706. The minimum absolute atomic E-state index is 0.295. The van der Waals surface area contributed by atoms with Crippen molar-refractivity contribution in [1.82, 2.24) is 10.3 Å². The summed E-state index contributed by atoms with van der Waals surface area (Å²) >= 11 is 0. The second-order valence-corrected chi connectivity index (χ2v) is 6.82. The zero-order valence-electron chi connectivity index (χ0n) is 10.8. The van der Waals surface area contributed by atoms with E-state index in [4.69, 9.17) is 0 Å². The van der Waals surface area contributed by atoms with E-state index in [1.807, 2.05) is 0 Å². The summed E-state index contributed by atoms with van der Waals surface area (Å²) in [5.74, 6) is 1.89. The van der Waals surface area contributed by atoms with Gasteiger partial charge in [-0.15, -0.1) is 0 Å². The molecule has 0 aromatic carbocycles. The Hall–Kier alpha value is -1.01. The van der Waals surface area contributed by atoms with Gasteiger partial charge in [-0.2, -0.15) is 0 Å². The highest BCUT2D eigenvalue weighted by Crippen LogP contribution is 2.23. The molecule has 0 amide bonds. The van der Waals surface area contributed by atoms with Crippen LogP contribution in [0.3, 0.4) is 0 Å². The molecule has 1 aliphatic heterocycles. The highest BCUT2D eigenvalue weighted by molar-refractivity contribution is 7.85. The first-order valence-electron chi connectivity index (χ1n) is 6.70. The van der Waals surface area contributed by atoms with Crippen LogP contribution >= 0.6 is 0 Å². The first-order chi connectivity index (χ1) is 9.22. The lowest BCUT2D eigenvalue weighted by molar-refractivity contribution is 0.609. The molecule has 1 aromatic heterocycles. The van der Waals surface area contributed by atoms with Crippen molar-refractivity contribution in [2.45, 2.75) is 25.4 Å². The largest absolute Gasteiger partial charge is 0.355 e. The van der Waals surface area contributed by atoms with Crippen molar-refractivity contribution in [3.63, 3.8) is 0 Å². The quantitative estimate of drug-likeness (QED) is 0.897. The van der Waals surface area contributed by atoms with Gasteiger partial charge in [-0.25, -0.2) is 9.37 Å². The summed E-state index contributed by atoms with van der Waals surface area (Å²) in [6, 6.07) is 2.15. The zero-order valence-corrected chi connectivity index (χ0v) is 11.6. The highest BCUT2D eigenvalue weighted by atomic mass is 32.2. The number of aromatic nitrogens is 1. The molecule has 2 fully saturated rings. The van der Waals surface area contributed by atoms with Crippen LogP contribution in [0.25, 0.3) is 0 Å². The van der Waals surface area contributed by atoms with E-state index in [9.17, 15) is 8.60 Å². The van der Waals surface area contributed by atoms with E-state index in [-0.39, 0.29) is 5.82 Å². The van der Waals surface area contributed by atoms with Gasteiger partial charge in [-0.1, -0.05) is 0 Å². The summed E-state index contributed by atoms with van der Waals surface area (Å²) in [5, 5.41) is 3.40. The van der Waals surface area contributed by atoms with Crippen molar-refractivity contribution >= 4 is 16.6 Å². The van der Waals surface area contributed by atoms with Crippen molar-refractivity contribution in [3.8, 4) is 0 Å². The van der Waals surface area contributed by atoms with Crippen molar-refractivity contribution in [3.05, 3.63) is 23.6 Å². The van der Waals surface area contributed by atoms with Gasteiger partial charge in [0.25, 0.3) is 0 Å². The predicted octanol–water partition coefficient (Wildman–Crippen LogP) is 1.04. The van der Waals surface area contributed by atoms with E-state index in [0.29, 0.717) is 24.1 Å². The van der Waals surface area contributed by atoms with E-state index in [2.05, 4.69) is 15.2 Å². The molecular formula is C13H18FN3OS. The molecule has 6 heteroatoms. The second-order valence-electron chi connectivity index (χ2n) is 5.13. The molecule has 1 saturated heterocycles. The van der Waals surface area contributed by atoms with Crippen molar-refractivity contribution in [1.29, 1.82) is 0 Å². The number of hydrogen-bond acceptors (Lipinski definition) is 4. The Morgan fingerprint density at radius 3 is 2.84 bits per heavy atom. The van der Waals surface area contributed by atoms with Crippen LogP contribution in [0.1, 0.15) is 18.4 Å². The van der Waals surface area contributed by atoms with Crippen LogP contribution in [0.2, 0.25) is 0 Å². The van der Waals surface area contributed by atoms with Crippen LogP contribution in [0.5, 0.6) is 0 Å². The first kappa shape index (κ1) is 13.0. The average Bonchev–Trinajstić information content (AvgIpc) is 3.22. The smallest absolute Gasteiger partial charge is 0.141 e. The van der Waals surface area contributed by atoms with E-state index >= 15 is 0 Å². The monoisotopic (exact) mass is 283 g/mol. The molecule has 3 rings (SSSR count). The third kappa shape index (κ3) is 3.30. The van der Waals surface area contributed by atoms with Crippen LogP contribution in [-0.4, -0.2) is 39.8 Å². The lowest BCUT2D eigenvalue weighted by Gasteiger charge is -2.29. The van der Waals surface area contributed by atoms with E-state index in [0.717, 1.165) is 24.5 Å². The maximum absolute atomic E-state index is 13.4. The summed E-state index contributed by atoms with van der Waals surface area (Å²) in [5.41, 5.74) is 0.902. The fraction of sp³-hybridized carbons (Fsp3) is 0.615. The normalized spacial score (nSPS) is 20.8. The number of rotatable bonds is 4. The van der Waals surface area contributed by atoms with Gasteiger partial charge >= 0.3 is 0 Å². The lowest BCUT2D eigenvalue weighted by Crippen LogP contribution is -2.39. The molecule has 19 heavy (non-hydrogen) atoms. The van der Waals surface area contributed by atoms with Gasteiger partial charge in [0.15, 0.2) is 0 Å². The summed E-state index contributed by atoms with van der Waals surface area (Å²) in [6.07, 6.45) is 3.68. The first-order valence-corrected chi connectivity index (χ1v) is 8.19. The standard InChI is InChI=1S/C13H18FN3OS/c14-11-7-10(8-15-12-1-2-12)13(16-9-11)17-3-5-19(18)6-4-17/h7,9,12,15H,1-6,8H2. The van der Waals surface area contributed by atoms with Crippen LogP contribution < -0.4 is 10.2 Å². The van der Waals surface area contributed by atoms with Crippen LogP contribution in [-0.2, 0) is 17.3 Å². The molecule has 1 N–H and O–H groups in total. The molecule has 0 spiro atoms. The molecule has 4 nitrogen and oxygen atoms in total. The Morgan fingerprint density at radius 2 is 2.16 bits per heavy atom. The van der Waals surface area contributed by atoms with Gasteiger partial charge in [-0.3, -0.25) is 4.21 Å². The van der Waals surface area contributed by atoms with Gasteiger partial charge in [-0.05, 0) is 18.9 Å². The molecule has 1 aliphatic carbocycles. The van der Waals surface area contributed by atoms with E-state index < -0.39 is 10.8 Å². The van der Waals surface area contributed by atoms with Crippen LogP contribution in [0.4, 0.5) is 10.2 Å². The molecule has 0 unspecified atom stereocenters. The number of nitrogens with one attached hydrogen (secondary N) is 1. The van der Waals surface area contributed by atoms with E-state index in [1.165, 1.54) is 19.0 Å². The van der Waals surface area contributed by atoms with Gasteiger partial charge in [0, 0.05) is 53.5 Å². The molecule has 2 aliphatic rings. The lowest BCUT2D eigenvalue weighted by atomic mass is 10.2. The summed E-state index contributed by atoms with van der Waals surface area (Å²) in [4.78, 5) is 6.35. The Kier molecular flexibility index (Phi) is 3.79. The number of nitrogens with zero attached hydrogens (tertiary/aromatic N) is 2. The van der Waals surface area contributed by atoms with Gasteiger partial charge in [0.1, 0.15) is 11.6 Å². The number of halogens is 1. The number of pyridine rings is 1. The van der Waals surface area contributed by atoms with Crippen LogP contribution in [0.15, 0.2) is 12.3 Å². The Labute approximate surface area is 114 Å². The minimum Gasteiger partial charge on any atom is -0.355 e. The second kappa shape index (κ2) is 5.54. The van der Waals surface area contributed by atoms with Gasteiger partial charge in [0.05, 0.1) is 6.20 Å². The molecule has 2 heterocycles. The number of anilines is 1. The maximum Gasteiger partial charge on any atom is 0.141 e. The van der Waals surface area contributed by atoms with Crippen LogP contribution in [0, 0.1) is 5.82 Å². The highest BCUT2D eigenvalue weighted by Gasteiger charge is 2.23. The topological polar surface area (TPSA) is 45.2 Å². The number of hydrogen-bond donors (Lipinski definition) is 1. The molecule has 1 aromatic rings. The molecular weight excluding hydrogens is 265 g/mol. The Bertz CT molecular complexity index is 483. The van der Waals surface area contributed by atoms with Crippen molar-refractivity contribution < 1.29 is 8.60 Å². The van der Waals surface area contributed by atoms with Crippen molar-refractivity contribution in [2.75, 3.05) is 29.5 Å². The third-order valence-electron chi connectivity index (χ3n) is 3.55. The van der Waals surface area contributed by atoms with Gasteiger partial charge < -0.3 is 10.2 Å². The summed E-state index contributed by atoms with van der Waals surface area (Å²) in [6.45, 7) is 2.13. The SMILES string of the molecule is O=S1CCN(c2ncc(F)cc2CNC2CC2)CC1. The molecule has 104 valence electrons. The zero-order chi connectivity index (χ0) is 13.2. The van der Waals surface area contributed by atoms with E-state index in [1.54, 1.807) is 6.07 Å². The Morgan fingerprint density at radius 1 is 1.42 bits per heavy atom. The molecule has 0 atom stereocenters. The molecule has 1 saturated carbocycles. The molecule has 0 bridgehead atoms. The fourth-order valence-corrected chi connectivity index (χ4v) is 3.33.